The van der Waals surface area contributed by atoms with Crippen molar-refractivity contribution in [2.45, 2.75) is 58.0 Å². The Bertz CT molecular complexity index is 209. The van der Waals surface area contributed by atoms with Crippen molar-refractivity contribution >= 4 is 11.8 Å². The first-order valence-electron chi connectivity index (χ1n) is 5.23. The molecular weight excluding hydrogens is 180 g/mol. The monoisotopic (exact) mass is 198 g/mol. The summed E-state index contributed by atoms with van der Waals surface area (Å²) < 4.78 is 5.33. The molecule has 1 aliphatic rings. The zero-order valence-corrected chi connectivity index (χ0v) is 8.97. The molecule has 0 radical (unpaired) electrons. The van der Waals surface area contributed by atoms with E-state index in [1.807, 2.05) is 0 Å². The Morgan fingerprint density at radius 1 is 1.14 bits per heavy atom. The molecule has 0 saturated heterocycles. The molecule has 0 bridgehead atoms. The van der Waals surface area contributed by atoms with Gasteiger partial charge in [0.25, 0.3) is 0 Å². The van der Waals surface area contributed by atoms with Crippen LogP contribution in [0.5, 0.6) is 0 Å². The van der Waals surface area contributed by atoms with Gasteiger partial charge in [-0.25, -0.2) is 0 Å². The summed E-state index contributed by atoms with van der Waals surface area (Å²) in [5, 5.41) is 0. The van der Waals surface area contributed by atoms with Crippen molar-refractivity contribution in [1.29, 1.82) is 0 Å². The summed E-state index contributed by atoms with van der Waals surface area (Å²) in [6.45, 7) is 2.97. The summed E-state index contributed by atoms with van der Waals surface area (Å²) in [4.78, 5) is 22.1. The molecule has 1 rings (SSSR count). The number of esters is 1. The Balaban J connectivity index is 2.66. The number of carbonyl (C=O) groups is 2. The summed E-state index contributed by atoms with van der Waals surface area (Å²) in [5.41, 5.74) is -0.476. The van der Waals surface area contributed by atoms with E-state index in [2.05, 4.69) is 0 Å². The first kappa shape index (κ1) is 11.2. The number of carbonyl (C=O) groups excluding carboxylic acids is 2. The van der Waals surface area contributed by atoms with Gasteiger partial charge in [-0.05, 0) is 32.6 Å². The van der Waals surface area contributed by atoms with E-state index in [0.717, 1.165) is 25.7 Å². The number of hydrogen-bond donors (Lipinski definition) is 0. The Kier molecular flexibility index (Phi) is 3.67. The highest BCUT2D eigenvalue weighted by atomic mass is 16.6. The van der Waals surface area contributed by atoms with Crippen molar-refractivity contribution in [3.63, 3.8) is 0 Å². The summed E-state index contributed by atoms with van der Waals surface area (Å²) >= 11 is 0. The molecule has 0 atom stereocenters. The fourth-order valence-corrected chi connectivity index (χ4v) is 2.27. The van der Waals surface area contributed by atoms with E-state index in [1.165, 1.54) is 13.3 Å². The zero-order chi connectivity index (χ0) is 10.6. The molecule has 80 valence electrons. The normalized spacial score (nSPS) is 20.1. The molecule has 0 aromatic rings. The van der Waals surface area contributed by atoms with Crippen molar-refractivity contribution in [1.82, 2.24) is 0 Å². The van der Waals surface area contributed by atoms with Gasteiger partial charge in [0.15, 0.2) is 0 Å². The highest BCUT2D eigenvalue weighted by Gasteiger charge is 2.36. The van der Waals surface area contributed by atoms with Gasteiger partial charge in [0.05, 0.1) is 0 Å². The van der Waals surface area contributed by atoms with Gasteiger partial charge in [-0.3, -0.25) is 9.59 Å². The number of ketones is 1. The van der Waals surface area contributed by atoms with E-state index in [4.69, 9.17) is 4.74 Å². The van der Waals surface area contributed by atoms with Gasteiger partial charge in [0.2, 0.25) is 0 Å². The molecule has 0 aromatic heterocycles. The van der Waals surface area contributed by atoms with E-state index >= 15 is 0 Å². The van der Waals surface area contributed by atoms with Gasteiger partial charge in [-0.1, -0.05) is 6.42 Å². The Morgan fingerprint density at radius 3 is 2.14 bits per heavy atom. The third-order valence-electron chi connectivity index (χ3n) is 2.70. The standard InChI is InChI=1S/C11H18O3/c1-9(12)8-11(14-10(2)13)6-4-3-5-7-11/h3-8H2,1-2H3. The SMILES string of the molecule is CC(=O)CC1(OC(C)=O)CCCCC1. The Morgan fingerprint density at radius 2 is 1.71 bits per heavy atom. The second-order valence-electron chi connectivity index (χ2n) is 4.22. The quantitative estimate of drug-likeness (QED) is 0.653. The first-order chi connectivity index (χ1) is 6.54. The van der Waals surface area contributed by atoms with E-state index in [-0.39, 0.29) is 11.8 Å². The van der Waals surface area contributed by atoms with Gasteiger partial charge < -0.3 is 4.74 Å². The molecule has 0 unspecified atom stereocenters. The number of rotatable bonds is 3. The van der Waals surface area contributed by atoms with Crippen LogP contribution < -0.4 is 0 Å². The molecule has 3 nitrogen and oxygen atoms in total. The Hall–Kier alpha value is -0.860. The summed E-state index contributed by atoms with van der Waals surface area (Å²) in [5.74, 6) is -0.165. The lowest BCUT2D eigenvalue weighted by Crippen LogP contribution is -2.38. The maximum Gasteiger partial charge on any atom is 0.303 e. The summed E-state index contributed by atoms with van der Waals surface area (Å²) in [7, 11) is 0. The van der Waals surface area contributed by atoms with Gasteiger partial charge in [-0.2, -0.15) is 0 Å². The second kappa shape index (κ2) is 4.58. The molecule has 1 saturated carbocycles. The lowest BCUT2D eigenvalue weighted by molar-refractivity contribution is -0.162. The van der Waals surface area contributed by atoms with Gasteiger partial charge in [-0.15, -0.1) is 0 Å². The van der Waals surface area contributed by atoms with Crippen LogP contribution in [-0.2, 0) is 14.3 Å². The minimum atomic E-state index is -0.476. The van der Waals surface area contributed by atoms with Crippen LogP contribution in [-0.4, -0.2) is 17.4 Å². The average molecular weight is 198 g/mol. The molecular formula is C11H18O3. The average Bonchev–Trinajstić information content (AvgIpc) is 2.01. The molecule has 3 heteroatoms. The molecule has 0 aliphatic heterocycles. The lowest BCUT2D eigenvalue weighted by atomic mass is 9.81. The van der Waals surface area contributed by atoms with Crippen molar-refractivity contribution in [2.24, 2.45) is 0 Å². The molecule has 0 N–H and O–H groups in total. The largest absolute Gasteiger partial charge is 0.459 e. The summed E-state index contributed by atoms with van der Waals surface area (Å²) in [6.07, 6.45) is 5.35. The second-order valence-corrected chi connectivity index (χ2v) is 4.22. The van der Waals surface area contributed by atoms with Crippen molar-refractivity contribution < 1.29 is 14.3 Å². The molecule has 0 aromatic carbocycles. The number of ether oxygens (including phenoxy) is 1. The molecule has 14 heavy (non-hydrogen) atoms. The van der Waals surface area contributed by atoms with Crippen molar-refractivity contribution in [2.75, 3.05) is 0 Å². The minimum Gasteiger partial charge on any atom is -0.459 e. The summed E-state index contributed by atoms with van der Waals surface area (Å²) in [6, 6.07) is 0. The molecule has 1 fully saturated rings. The third-order valence-corrected chi connectivity index (χ3v) is 2.70. The van der Waals surface area contributed by atoms with Crippen molar-refractivity contribution in [3.8, 4) is 0 Å². The third kappa shape index (κ3) is 3.13. The van der Waals surface area contributed by atoms with Gasteiger partial charge in [0, 0.05) is 13.3 Å². The van der Waals surface area contributed by atoms with Crippen molar-refractivity contribution in [3.05, 3.63) is 0 Å². The van der Waals surface area contributed by atoms with E-state index < -0.39 is 5.60 Å². The van der Waals surface area contributed by atoms with Crippen LogP contribution in [0.2, 0.25) is 0 Å². The lowest BCUT2D eigenvalue weighted by Gasteiger charge is -2.35. The topological polar surface area (TPSA) is 43.4 Å². The van der Waals surface area contributed by atoms with Gasteiger partial charge in [0.1, 0.15) is 11.4 Å². The van der Waals surface area contributed by atoms with Crippen LogP contribution in [0.4, 0.5) is 0 Å². The minimum absolute atomic E-state index is 0.105. The van der Waals surface area contributed by atoms with Crippen LogP contribution in [0, 0.1) is 0 Å². The van der Waals surface area contributed by atoms with Crippen LogP contribution in [0.1, 0.15) is 52.4 Å². The Labute approximate surface area is 84.8 Å². The fourth-order valence-electron chi connectivity index (χ4n) is 2.27. The molecule has 0 heterocycles. The fraction of sp³-hybridized carbons (Fsp3) is 0.818. The first-order valence-corrected chi connectivity index (χ1v) is 5.23. The van der Waals surface area contributed by atoms with Gasteiger partial charge >= 0.3 is 5.97 Å². The predicted octanol–water partition coefficient (Wildman–Crippen LogP) is 2.23. The number of Topliss-reactive ketones (excluding diaryl/α,β-unsaturated/α-hetero) is 1. The maximum absolute atomic E-state index is 11.1. The highest BCUT2D eigenvalue weighted by Crippen LogP contribution is 2.34. The van der Waals surface area contributed by atoms with Crippen LogP contribution in [0.25, 0.3) is 0 Å². The van der Waals surface area contributed by atoms with Crippen LogP contribution in [0.15, 0.2) is 0 Å². The maximum atomic E-state index is 11.1. The van der Waals surface area contributed by atoms with Crippen LogP contribution >= 0.6 is 0 Å². The zero-order valence-electron chi connectivity index (χ0n) is 8.97. The van der Waals surface area contributed by atoms with E-state index in [9.17, 15) is 9.59 Å². The van der Waals surface area contributed by atoms with E-state index in [0.29, 0.717) is 6.42 Å². The molecule has 1 aliphatic carbocycles. The molecule has 0 spiro atoms. The predicted molar refractivity (Wildman–Crippen MR) is 52.9 cm³/mol. The number of hydrogen-bond acceptors (Lipinski definition) is 3. The van der Waals surface area contributed by atoms with E-state index in [1.54, 1.807) is 6.92 Å². The van der Waals surface area contributed by atoms with Crippen LogP contribution in [0.3, 0.4) is 0 Å². The smallest absolute Gasteiger partial charge is 0.303 e. The molecule has 0 amide bonds. The highest BCUT2D eigenvalue weighted by molar-refractivity contribution is 5.77.